The van der Waals surface area contributed by atoms with Gasteiger partial charge in [-0.1, -0.05) is 28.9 Å². The second kappa shape index (κ2) is 5.19. The highest BCUT2D eigenvalue weighted by Crippen LogP contribution is 2.22. The molecule has 0 saturated carbocycles. The lowest BCUT2D eigenvalue weighted by atomic mass is 9.99. The van der Waals surface area contributed by atoms with Crippen LogP contribution >= 0.6 is 15.9 Å². The van der Waals surface area contributed by atoms with Crippen molar-refractivity contribution in [3.8, 4) is 0 Å². The molecule has 0 spiro atoms. The van der Waals surface area contributed by atoms with E-state index in [4.69, 9.17) is 5.73 Å². The van der Waals surface area contributed by atoms with E-state index in [0.29, 0.717) is 0 Å². The number of hydrogen-bond acceptors (Lipinski definition) is 2. The summed E-state index contributed by atoms with van der Waals surface area (Å²) in [6.07, 6.45) is 2.63. The maximum absolute atomic E-state index is 6.01. The standard InChI is InChI=1S/C13H19BrN2/c1-10-4-6-16(7-5-10)9-11-2-3-12(14)8-13(11)15/h2-3,8,10H,4-7,9,15H2,1H3. The summed E-state index contributed by atoms with van der Waals surface area (Å²) in [5, 5.41) is 0. The fraction of sp³-hybridized carbons (Fsp3) is 0.538. The van der Waals surface area contributed by atoms with E-state index >= 15 is 0 Å². The highest BCUT2D eigenvalue weighted by molar-refractivity contribution is 9.10. The third-order valence-corrected chi connectivity index (χ3v) is 3.87. The van der Waals surface area contributed by atoms with Gasteiger partial charge in [-0.25, -0.2) is 0 Å². The first-order valence-corrected chi connectivity index (χ1v) is 6.70. The summed E-state index contributed by atoms with van der Waals surface area (Å²) in [4.78, 5) is 2.50. The Hall–Kier alpha value is -0.540. The maximum Gasteiger partial charge on any atom is 0.0371 e. The molecule has 1 aromatic carbocycles. The van der Waals surface area contributed by atoms with Gasteiger partial charge in [0, 0.05) is 16.7 Å². The first-order valence-electron chi connectivity index (χ1n) is 5.91. The Morgan fingerprint density at radius 3 is 2.69 bits per heavy atom. The molecule has 88 valence electrons. The van der Waals surface area contributed by atoms with E-state index in [-0.39, 0.29) is 0 Å². The predicted molar refractivity (Wildman–Crippen MR) is 72.2 cm³/mol. The number of benzene rings is 1. The maximum atomic E-state index is 6.01. The van der Waals surface area contributed by atoms with Crippen LogP contribution in [0.1, 0.15) is 25.3 Å². The number of nitrogens with two attached hydrogens (primary N) is 1. The van der Waals surface area contributed by atoms with Gasteiger partial charge in [0.15, 0.2) is 0 Å². The zero-order valence-corrected chi connectivity index (χ0v) is 11.3. The molecule has 1 saturated heterocycles. The molecule has 3 heteroatoms. The smallest absolute Gasteiger partial charge is 0.0371 e. The largest absolute Gasteiger partial charge is 0.398 e. The summed E-state index contributed by atoms with van der Waals surface area (Å²) in [5.41, 5.74) is 8.15. The van der Waals surface area contributed by atoms with Crippen molar-refractivity contribution in [3.05, 3.63) is 28.2 Å². The van der Waals surface area contributed by atoms with Crippen LogP contribution < -0.4 is 5.73 Å². The zero-order valence-electron chi connectivity index (χ0n) is 9.75. The fourth-order valence-corrected chi connectivity index (χ4v) is 2.55. The van der Waals surface area contributed by atoms with Crippen molar-refractivity contribution in [2.75, 3.05) is 18.8 Å². The first-order chi connectivity index (χ1) is 7.65. The number of halogens is 1. The SMILES string of the molecule is CC1CCN(Cc2ccc(Br)cc2N)CC1. The molecular weight excluding hydrogens is 264 g/mol. The van der Waals surface area contributed by atoms with Gasteiger partial charge in [-0.2, -0.15) is 0 Å². The van der Waals surface area contributed by atoms with Gasteiger partial charge >= 0.3 is 0 Å². The van der Waals surface area contributed by atoms with Crippen LogP contribution in [0, 0.1) is 5.92 Å². The number of nitrogens with zero attached hydrogens (tertiary/aromatic N) is 1. The fourth-order valence-electron chi connectivity index (χ4n) is 2.17. The number of nitrogen functional groups attached to an aromatic ring is 1. The van der Waals surface area contributed by atoms with Crippen LogP contribution in [0.15, 0.2) is 22.7 Å². The lowest BCUT2D eigenvalue weighted by Crippen LogP contribution is -2.32. The summed E-state index contributed by atoms with van der Waals surface area (Å²) < 4.78 is 1.06. The van der Waals surface area contributed by atoms with Crippen LogP contribution in [-0.2, 0) is 6.54 Å². The third kappa shape index (κ3) is 2.98. The first kappa shape index (κ1) is 11.9. The molecule has 2 nitrogen and oxygen atoms in total. The Kier molecular flexibility index (Phi) is 3.87. The normalized spacial score (nSPS) is 18.9. The van der Waals surface area contributed by atoms with Crippen LogP contribution in [0.5, 0.6) is 0 Å². The van der Waals surface area contributed by atoms with Crippen molar-refractivity contribution >= 4 is 21.6 Å². The van der Waals surface area contributed by atoms with E-state index in [1.165, 1.54) is 31.5 Å². The van der Waals surface area contributed by atoms with Crippen LogP contribution in [-0.4, -0.2) is 18.0 Å². The number of likely N-dealkylation sites (tertiary alicyclic amines) is 1. The van der Waals surface area contributed by atoms with Gasteiger partial charge in [0.25, 0.3) is 0 Å². The number of hydrogen-bond donors (Lipinski definition) is 1. The average Bonchev–Trinajstić information content (AvgIpc) is 2.25. The van der Waals surface area contributed by atoms with E-state index in [2.05, 4.69) is 39.9 Å². The Bertz CT molecular complexity index is 357. The van der Waals surface area contributed by atoms with Crippen molar-refractivity contribution in [1.82, 2.24) is 4.90 Å². The minimum atomic E-state index is 0.888. The lowest BCUT2D eigenvalue weighted by Gasteiger charge is -2.30. The summed E-state index contributed by atoms with van der Waals surface area (Å²) >= 11 is 3.44. The summed E-state index contributed by atoms with van der Waals surface area (Å²) in [7, 11) is 0. The molecule has 0 bridgehead atoms. The van der Waals surface area contributed by atoms with Gasteiger partial charge in [0.1, 0.15) is 0 Å². The van der Waals surface area contributed by atoms with Gasteiger partial charge in [-0.05, 0) is 49.5 Å². The Morgan fingerprint density at radius 2 is 2.06 bits per heavy atom. The van der Waals surface area contributed by atoms with Gasteiger partial charge in [-0.3, -0.25) is 4.90 Å². The van der Waals surface area contributed by atoms with Crippen molar-refractivity contribution in [2.45, 2.75) is 26.3 Å². The topological polar surface area (TPSA) is 29.3 Å². The number of rotatable bonds is 2. The van der Waals surface area contributed by atoms with Crippen molar-refractivity contribution in [2.24, 2.45) is 5.92 Å². The van der Waals surface area contributed by atoms with Crippen LogP contribution in [0.2, 0.25) is 0 Å². The second-order valence-corrected chi connectivity index (χ2v) is 5.72. The molecule has 1 aromatic rings. The number of piperidine rings is 1. The minimum absolute atomic E-state index is 0.888. The van der Waals surface area contributed by atoms with Crippen molar-refractivity contribution in [3.63, 3.8) is 0 Å². The van der Waals surface area contributed by atoms with Crippen molar-refractivity contribution in [1.29, 1.82) is 0 Å². The molecule has 0 amide bonds. The quantitative estimate of drug-likeness (QED) is 0.844. The monoisotopic (exact) mass is 282 g/mol. The van der Waals surface area contributed by atoms with Crippen molar-refractivity contribution < 1.29 is 0 Å². The molecule has 0 atom stereocenters. The van der Waals surface area contributed by atoms with E-state index in [9.17, 15) is 0 Å². The number of anilines is 1. The Labute approximate surface area is 106 Å². The summed E-state index contributed by atoms with van der Waals surface area (Å²) in [6, 6.07) is 6.18. The Balaban J connectivity index is 1.98. The lowest BCUT2D eigenvalue weighted by molar-refractivity contribution is 0.185. The molecule has 1 aliphatic rings. The molecule has 1 heterocycles. The molecule has 2 N–H and O–H groups in total. The second-order valence-electron chi connectivity index (χ2n) is 4.80. The molecule has 0 radical (unpaired) electrons. The van der Waals surface area contributed by atoms with Gasteiger partial charge in [0.2, 0.25) is 0 Å². The molecule has 1 aliphatic heterocycles. The van der Waals surface area contributed by atoms with Crippen LogP contribution in [0.25, 0.3) is 0 Å². The highest BCUT2D eigenvalue weighted by atomic mass is 79.9. The van der Waals surface area contributed by atoms with Gasteiger partial charge in [0.05, 0.1) is 0 Å². The average molecular weight is 283 g/mol. The molecule has 0 aromatic heterocycles. The van der Waals surface area contributed by atoms with Crippen LogP contribution in [0.3, 0.4) is 0 Å². The Morgan fingerprint density at radius 1 is 1.38 bits per heavy atom. The predicted octanol–water partition coefficient (Wildman–Crippen LogP) is 3.26. The molecular formula is C13H19BrN2. The van der Waals surface area contributed by atoms with Gasteiger partial charge < -0.3 is 5.73 Å². The molecule has 0 aliphatic carbocycles. The van der Waals surface area contributed by atoms with E-state index in [1.807, 2.05) is 6.07 Å². The summed E-state index contributed by atoms with van der Waals surface area (Å²) in [6.45, 7) is 5.74. The van der Waals surface area contributed by atoms with Gasteiger partial charge in [-0.15, -0.1) is 0 Å². The highest BCUT2D eigenvalue weighted by Gasteiger charge is 2.16. The minimum Gasteiger partial charge on any atom is -0.398 e. The molecule has 2 rings (SSSR count). The zero-order chi connectivity index (χ0) is 11.5. The molecule has 16 heavy (non-hydrogen) atoms. The van der Waals surface area contributed by atoms with Crippen LogP contribution in [0.4, 0.5) is 5.69 Å². The van der Waals surface area contributed by atoms with E-state index < -0.39 is 0 Å². The molecule has 1 fully saturated rings. The van der Waals surface area contributed by atoms with E-state index in [1.54, 1.807) is 0 Å². The summed E-state index contributed by atoms with van der Waals surface area (Å²) in [5.74, 6) is 0.888. The van der Waals surface area contributed by atoms with E-state index in [0.717, 1.165) is 22.6 Å². The molecule has 0 unspecified atom stereocenters. The third-order valence-electron chi connectivity index (χ3n) is 3.38.